The molecule has 2 rings (SSSR count). The fourth-order valence-corrected chi connectivity index (χ4v) is 1.79. The van der Waals surface area contributed by atoms with Gasteiger partial charge in [0.1, 0.15) is 11.3 Å². The molecule has 7 heteroatoms. The predicted molar refractivity (Wildman–Crippen MR) is 67.1 cm³/mol. The number of nitro benzene ring substituents is 1. The molecule has 0 amide bonds. The molecule has 0 N–H and O–H groups in total. The van der Waals surface area contributed by atoms with E-state index in [-0.39, 0.29) is 16.7 Å². The van der Waals surface area contributed by atoms with Crippen LogP contribution >= 0.6 is 0 Å². The number of rotatable bonds is 4. The van der Waals surface area contributed by atoms with E-state index in [1.54, 1.807) is 13.0 Å². The first-order chi connectivity index (χ1) is 9.58. The maximum absolute atomic E-state index is 12.3. The van der Waals surface area contributed by atoms with Crippen LogP contribution in [0.25, 0.3) is 0 Å². The zero-order valence-corrected chi connectivity index (χ0v) is 10.5. The number of ketones is 1. The Labute approximate surface area is 113 Å². The molecule has 1 aromatic carbocycles. The van der Waals surface area contributed by atoms with Crippen molar-refractivity contribution >= 4 is 11.5 Å². The summed E-state index contributed by atoms with van der Waals surface area (Å²) < 4.78 is 4.91. The second-order valence-electron chi connectivity index (χ2n) is 3.95. The van der Waals surface area contributed by atoms with Crippen LogP contribution in [0.4, 0.5) is 5.69 Å². The monoisotopic (exact) mass is 271 g/mol. The van der Waals surface area contributed by atoms with Gasteiger partial charge >= 0.3 is 0 Å². The highest BCUT2D eigenvalue weighted by atomic mass is 16.6. The van der Waals surface area contributed by atoms with Crippen molar-refractivity contribution in [1.29, 1.82) is 5.26 Å². The van der Waals surface area contributed by atoms with Crippen LogP contribution < -0.4 is 0 Å². The van der Waals surface area contributed by atoms with Crippen molar-refractivity contribution in [3.05, 3.63) is 57.0 Å². The first-order valence-electron chi connectivity index (χ1n) is 5.75. The highest BCUT2D eigenvalue weighted by Crippen LogP contribution is 2.24. The van der Waals surface area contributed by atoms with Crippen LogP contribution in [0.1, 0.15) is 34.2 Å². The molecule has 0 spiro atoms. The molecule has 0 radical (unpaired) electrons. The zero-order chi connectivity index (χ0) is 14.7. The Balaban J connectivity index is 2.55. The van der Waals surface area contributed by atoms with Crippen LogP contribution in [-0.2, 0) is 6.42 Å². The van der Waals surface area contributed by atoms with E-state index >= 15 is 0 Å². The number of aryl methyl sites for hydroxylation is 1. The standard InChI is InChI=1S/C13H9N3O4/c1-2-12-10(7-15-20-12)13(17)9-4-3-8(6-14)5-11(9)16(18)19/h3-5,7H,2H2,1H3. The van der Waals surface area contributed by atoms with E-state index in [2.05, 4.69) is 5.16 Å². The summed E-state index contributed by atoms with van der Waals surface area (Å²) >= 11 is 0. The van der Waals surface area contributed by atoms with Crippen LogP contribution in [-0.4, -0.2) is 15.9 Å². The molecule has 0 atom stereocenters. The summed E-state index contributed by atoms with van der Waals surface area (Å²) in [7, 11) is 0. The van der Waals surface area contributed by atoms with E-state index in [9.17, 15) is 14.9 Å². The lowest BCUT2D eigenvalue weighted by Crippen LogP contribution is -2.07. The molecule has 2 aromatic rings. The SMILES string of the molecule is CCc1oncc1C(=O)c1ccc(C#N)cc1[N+](=O)[O-]. The second kappa shape index (κ2) is 5.32. The molecule has 20 heavy (non-hydrogen) atoms. The number of nitro groups is 1. The Morgan fingerprint density at radius 1 is 1.50 bits per heavy atom. The normalized spacial score (nSPS) is 10.0. The zero-order valence-electron chi connectivity index (χ0n) is 10.5. The maximum atomic E-state index is 12.3. The predicted octanol–water partition coefficient (Wildman–Crippen LogP) is 2.25. The Morgan fingerprint density at radius 3 is 2.85 bits per heavy atom. The fraction of sp³-hybridized carbons (Fsp3) is 0.154. The molecule has 0 aliphatic carbocycles. The van der Waals surface area contributed by atoms with Crippen molar-refractivity contribution in [2.24, 2.45) is 0 Å². The van der Waals surface area contributed by atoms with E-state index in [4.69, 9.17) is 9.78 Å². The van der Waals surface area contributed by atoms with Crippen LogP contribution in [0, 0.1) is 21.4 Å². The van der Waals surface area contributed by atoms with Gasteiger partial charge < -0.3 is 4.52 Å². The number of nitrogens with zero attached hydrogens (tertiary/aromatic N) is 3. The maximum Gasteiger partial charge on any atom is 0.281 e. The van der Waals surface area contributed by atoms with Crippen LogP contribution in [0.3, 0.4) is 0 Å². The molecule has 0 saturated heterocycles. The van der Waals surface area contributed by atoms with E-state index in [0.29, 0.717) is 12.2 Å². The molecule has 0 aliphatic heterocycles. The van der Waals surface area contributed by atoms with Crippen molar-refractivity contribution in [2.45, 2.75) is 13.3 Å². The lowest BCUT2D eigenvalue weighted by Gasteiger charge is -2.02. The number of aromatic nitrogens is 1. The van der Waals surface area contributed by atoms with Crippen molar-refractivity contribution in [3.8, 4) is 6.07 Å². The van der Waals surface area contributed by atoms with Gasteiger partial charge in [0.2, 0.25) is 5.78 Å². The summed E-state index contributed by atoms with van der Waals surface area (Å²) in [6.45, 7) is 1.78. The van der Waals surface area contributed by atoms with Crippen molar-refractivity contribution in [1.82, 2.24) is 5.16 Å². The van der Waals surface area contributed by atoms with Gasteiger partial charge in [-0.1, -0.05) is 12.1 Å². The number of hydrogen-bond acceptors (Lipinski definition) is 6. The number of carbonyl (C=O) groups excluding carboxylic acids is 1. The highest BCUT2D eigenvalue weighted by molar-refractivity contribution is 6.12. The number of benzene rings is 1. The lowest BCUT2D eigenvalue weighted by molar-refractivity contribution is -0.385. The van der Waals surface area contributed by atoms with Gasteiger partial charge in [-0.05, 0) is 12.1 Å². The van der Waals surface area contributed by atoms with Gasteiger partial charge in [0, 0.05) is 12.5 Å². The van der Waals surface area contributed by atoms with E-state index in [1.165, 1.54) is 18.3 Å². The number of carbonyl (C=O) groups is 1. The van der Waals surface area contributed by atoms with Crippen LogP contribution in [0.5, 0.6) is 0 Å². The minimum Gasteiger partial charge on any atom is -0.361 e. The largest absolute Gasteiger partial charge is 0.361 e. The lowest BCUT2D eigenvalue weighted by atomic mass is 10.0. The van der Waals surface area contributed by atoms with E-state index in [1.807, 2.05) is 0 Å². The van der Waals surface area contributed by atoms with Crippen molar-refractivity contribution in [2.75, 3.05) is 0 Å². The van der Waals surface area contributed by atoms with Gasteiger partial charge in [-0.3, -0.25) is 14.9 Å². The van der Waals surface area contributed by atoms with Gasteiger partial charge in [0.15, 0.2) is 0 Å². The fourth-order valence-electron chi connectivity index (χ4n) is 1.79. The summed E-state index contributed by atoms with van der Waals surface area (Å²) in [4.78, 5) is 22.7. The molecule has 1 heterocycles. The summed E-state index contributed by atoms with van der Waals surface area (Å²) in [6.07, 6.45) is 1.69. The molecule has 1 aromatic heterocycles. The van der Waals surface area contributed by atoms with Crippen molar-refractivity contribution in [3.63, 3.8) is 0 Å². The summed E-state index contributed by atoms with van der Waals surface area (Å²) in [6, 6.07) is 5.50. The van der Waals surface area contributed by atoms with Gasteiger partial charge in [0.25, 0.3) is 5.69 Å². The molecule has 0 aliphatic rings. The Bertz CT molecular complexity index is 727. The minimum atomic E-state index is -0.687. The van der Waals surface area contributed by atoms with Crippen LogP contribution in [0.2, 0.25) is 0 Å². The molecule has 7 nitrogen and oxygen atoms in total. The number of hydrogen-bond donors (Lipinski definition) is 0. The van der Waals surface area contributed by atoms with Gasteiger partial charge in [-0.15, -0.1) is 0 Å². The number of nitriles is 1. The molecule has 0 unspecified atom stereocenters. The molecular formula is C13H9N3O4. The second-order valence-corrected chi connectivity index (χ2v) is 3.95. The average Bonchev–Trinajstić information content (AvgIpc) is 2.94. The summed E-state index contributed by atoms with van der Waals surface area (Å²) in [5.74, 6) is -0.173. The first kappa shape index (κ1) is 13.4. The Morgan fingerprint density at radius 2 is 2.25 bits per heavy atom. The molecular weight excluding hydrogens is 262 g/mol. The third-order valence-electron chi connectivity index (χ3n) is 2.78. The first-order valence-corrected chi connectivity index (χ1v) is 5.75. The third kappa shape index (κ3) is 2.27. The van der Waals surface area contributed by atoms with Gasteiger partial charge in [0.05, 0.1) is 28.3 Å². The highest BCUT2D eigenvalue weighted by Gasteiger charge is 2.25. The van der Waals surface area contributed by atoms with E-state index in [0.717, 1.165) is 6.07 Å². The summed E-state index contributed by atoms with van der Waals surface area (Å²) in [5.41, 5.74) is -0.182. The third-order valence-corrected chi connectivity index (χ3v) is 2.78. The smallest absolute Gasteiger partial charge is 0.281 e. The average molecular weight is 271 g/mol. The van der Waals surface area contributed by atoms with E-state index < -0.39 is 16.4 Å². The van der Waals surface area contributed by atoms with Gasteiger partial charge in [-0.25, -0.2) is 0 Å². The summed E-state index contributed by atoms with van der Waals surface area (Å²) in [5, 5.41) is 23.3. The Kier molecular flexibility index (Phi) is 3.57. The molecule has 0 fully saturated rings. The van der Waals surface area contributed by atoms with Crippen LogP contribution in [0.15, 0.2) is 28.9 Å². The van der Waals surface area contributed by atoms with Crippen molar-refractivity contribution < 1.29 is 14.2 Å². The molecule has 0 bridgehead atoms. The molecule has 100 valence electrons. The topological polar surface area (TPSA) is 110 Å². The minimum absolute atomic E-state index is 0.0908. The van der Waals surface area contributed by atoms with Gasteiger partial charge in [-0.2, -0.15) is 5.26 Å². The molecule has 0 saturated carbocycles. The quantitative estimate of drug-likeness (QED) is 0.479. The Hall–Kier alpha value is -3.01.